The van der Waals surface area contributed by atoms with Crippen LogP contribution in [-0.2, 0) is 4.79 Å². The van der Waals surface area contributed by atoms with Crippen molar-refractivity contribution >= 4 is 5.78 Å². The van der Waals surface area contributed by atoms with E-state index in [9.17, 15) is 4.79 Å². The monoisotopic (exact) mass is 219 g/mol. The van der Waals surface area contributed by atoms with Crippen LogP contribution in [-0.4, -0.2) is 10.8 Å². The summed E-state index contributed by atoms with van der Waals surface area (Å²) in [4.78, 5) is 15.8. The Morgan fingerprint density at radius 2 is 1.94 bits per heavy atom. The summed E-state index contributed by atoms with van der Waals surface area (Å²) in [5.74, 6) is 0.368. The molecule has 0 aliphatic rings. The summed E-state index contributed by atoms with van der Waals surface area (Å²) < 4.78 is 0. The zero-order chi connectivity index (χ0) is 11.8. The number of carbonyl (C=O) groups excluding carboxylic acids is 1. The lowest BCUT2D eigenvalue weighted by Crippen LogP contribution is -2.08. The summed E-state index contributed by atoms with van der Waals surface area (Å²) in [5, 5.41) is 0. The quantitative estimate of drug-likeness (QED) is 0.654. The molecule has 0 radical (unpaired) electrons. The van der Waals surface area contributed by atoms with Gasteiger partial charge in [-0.3, -0.25) is 9.78 Å². The molecule has 88 valence electrons. The lowest BCUT2D eigenvalue weighted by Gasteiger charge is -2.10. The number of rotatable bonds is 7. The number of ketones is 1. The molecule has 0 spiro atoms. The van der Waals surface area contributed by atoms with Crippen molar-refractivity contribution in [3.63, 3.8) is 0 Å². The first-order valence-electron chi connectivity index (χ1n) is 6.18. The molecule has 1 unspecified atom stereocenters. The lowest BCUT2D eigenvalue weighted by molar-refractivity contribution is -0.120. The molecule has 0 saturated heterocycles. The molecule has 0 aliphatic carbocycles. The summed E-state index contributed by atoms with van der Waals surface area (Å²) >= 11 is 0. The van der Waals surface area contributed by atoms with Gasteiger partial charge in [-0.2, -0.15) is 0 Å². The lowest BCUT2D eigenvalue weighted by atomic mass is 9.94. The van der Waals surface area contributed by atoms with Crippen LogP contribution in [0.5, 0.6) is 0 Å². The van der Waals surface area contributed by atoms with Gasteiger partial charge in [-0.1, -0.05) is 33.1 Å². The molecule has 1 atom stereocenters. The molecule has 2 heteroatoms. The van der Waals surface area contributed by atoms with E-state index < -0.39 is 0 Å². The van der Waals surface area contributed by atoms with Crippen molar-refractivity contribution in [2.45, 2.75) is 51.9 Å². The normalized spacial score (nSPS) is 12.4. The van der Waals surface area contributed by atoms with Crippen molar-refractivity contribution in [2.24, 2.45) is 0 Å². The van der Waals surface area contributed by atoms with E-state index in [0.29, 0.717) is 12.2 Å². The molecule has 0 aliphatic heterocycles. The maximum absolute atomic E-state index is 11.9. The average molecular weight is 219 g/mol. The number of Topliss-reactive ketones (excluding diaryl/α,β-unsaturated/α-hetero) is 1. The van der Waals surface area contributed by atoms with Gasteiger partial charge in [-0.15, -0.1) is 0 Å². The molecule has 0 bridgehead atoms. The van der Waals surface area contributed by atoms with E-state index in [1.165, 1.54) is 19.3 Å². The first kappa shape index (κ1) is 12.9. The predicted molar refractivity (Wildman–Crippen MR) is 66.4 cm³/mol. The number of hydrogen-bond acceptors (Lipinski definition) is 2. The van der Waals surface area contributed by atoms with Crippen molar-refractivity contribution in [3.8, 4) is 0 Å². The van der Waals surface area contributed by atoms with Crippen molar-refractivity contribution < 1.29 is 4.79 Å². The Hall–Kier alpha value is -1.18. The first-order valence-corrected chi connectivity index (χ1v) is 6.18. The van der Waals surface area contributed by atoms with Crippen LogP contribution < -0.4 is 0 Å². The summed E-state index contributed by atoms with van der Waals surface area (Å²) in [6.45, 7) is 4.17. The van der Waals surface area contributed by atoms with E-state index in [2.05, 4.69) is 11.9 Å². The maximum Gasteiger partial charge on any atom is 0.140 e. The topological polar surface area (TPSA) is 30.0 Å². The first-order chi connectivity index (χ1) is 7.75. The van der Waals surface area contributed by atoms with Crippen LogP contribution in [0.1, 0.15) is 57.4 Å². The highest BCUT2D eigenvalue weighted by Crippen LogP contribution is 2.18. The van der Waals surface area contributed by atoms with E-state index in [-0.39, 0.29) is 5.92 Å². The van der Waals surface area contributed by atoms with Gasteiger partial charge in [0.1, 0.15) is 5.78 Å². The second-order valence-corrected chi connectivity index (χ2v) is 4.28. The minimum Gasteiger partial charge on any atom is -0.299 e. The van der Waals surface area contributed by atoms with Crippen LogP contribution >= 0.6 is 0 Å². The fourth-order valence-corrected chi connectivity index (χ4v) is 1.78. The zero-order valence-electron chi connectivity index (χ0n) is 10.3. The molecule has 1 aromatic heterocycles. The fraction of sp³-hybridized carbons (Fsp3) is 0.571. The van der Waals surface area contributed by atoms with Crippen LogP contribution in [0.3, 0.4) is 0 Å². The Morgan fingerprint density at radius 1 is 1.25 bits per heavy atom. The standard InChI is InChI=1S/C14H21NO/c1-3-4-5-6-7-14(16)12(2)13-8-10-15-11-9-13/h8-12H,3-7H2,1-2H3. The Balaban J connectivity index is 2.37. The predicted octanol–water partition coefficient (Wildman–Crippen LogP) is 3.72. The van der Waals surface area contributed by atoms with Crippen LogP contribution in [0.25, 0.3) is 0 Å². The minimum absolute atomic E-state index is 0.0182. The van der Waals surface area contributed by atoms with Crippen LogP contribution in [0, 0.1) is 0 Å². The SMILES string of the molecule is CCCCCCC(=O)C(C)c1ccncc1. The van der Waals surface area contributed by atoms with Gasteiger partial charge in [-0.05, 0) is 24.1 Å². The summed E-state index contributed by atoms with van der Waals surface area (Å²) in [6.07, 6.45) is 8.86. The molecule has 2 nitrogen and oxygen atoms in total. The third kappa shape index (κ3) is 4.13. The van der Waals surface area contributed by atoms with Gasteiger partial charge in [0.25, 0.3) is 0 Å². The van der Waals surface area contributed by atoms with Crippen molar-refractivity contribution in [1.29, 1.82) is 0 Å². The summed E-state index contributed by atoms with van der Waals surface area (Å²) in [6, 6.07) is 3.85. The van der Waals surface area contributed by atoms with Gasteiger partial charge in [0.05, 0.1) is 0 Å². The molecular formula is C14H21NO. The molecule has 0 saturated carbocycles. The number of aromatic nitrogens is 1. The molecule has 1 rings (SSSR count). The fourth-order valence-electron chi connectivity index (χ4n) is 1.78. The van der Waals surface area contributed by atoms with Gasteiger partial charge < -0.3 is 0 Å². The third-order valence-corrected chi connectivity index (χ3v) is 2.97. The smallest absolute Gasteiger partial charge is 0.140 e. The van der Waals surface area contributed by atoms with E-state index in [1.807, 2.05) is 19.1 Å². The number of unbranched alkanes of at least 4 members (excludes halogenated alkanes) is 3. The Kier molecular flexibility index (Phi) is 5.76. The molecular weight excluding hydrogens is 198 g/mol. The van der Waals surface area contributed by atoms with Crippen molar-refractivity contribution in [3.05, 3.63) is 30.1 Å². The van der Waals surface area contributed by atoms with Gasteiger partial charge in [0.2, 0.25) is 0 Å². The van der Waals surface area contributed by atoms with Crippen LogP contribution in [0.2, 0.25) is 0 Å². The maximum atomic E-state index is 11.9. The molecule has 0 fully saturated rings. The van der Waals surface area contributed by atoms with E-state index >= 15 is 0 Å². The van der Waals surface area contributed by atoms with Gasteiger partial charge >= 0.3 is 0 Å². The van der Waals surface area contributed by atoms with Gasteiger partial charge in [0, 0.05) is 24.7 Å². The summed E-state index contributed by atoms with van der Waals surface area (Å²) in [7, 11) is 0. The van der Waals surface area contributed by atoms with Crippen molar-refractivity contribution in [1.82, 2.24) is 4.98 Å². The highest BCUT2D eigenvalue weighted by Gasteiger charge is 2.13. The number of pyridine rings is 1. The third-order valence-electron chi connectivity index (χ3n) is 2.97. The highest BCUT2D eigenvalue weighted by molar-refractivity contribution is 5.85. The Bertz CT molecular complexity index is 308. The van der Waals surface area contributed by atoms with Gasteiger partial charge in [-0.25, -0.2) is 0 Å². The van der Waals surface area contributed by atoms with E-state index in [0.717, 1.165) is 12.0 Å². The number of nitrogens with zero attached hydrogens (tertiary/aromatic N) is 1. The van der Waals surface area contributed by atoms with E-state index in [4.69, 9.17) is 0 Å². The summed E-state index contributed by atoms with van der Waals surface area (Å²) in [5.41, 5.74) is 1.08. The van der Waals surface area contributed by atoms with E-state index in [1.54, 1.807) is 12.4 Å². The molecule has 1 heterocycles. The number of carbonyl (C=O) groups is 1. The molecule has 0 amide bonds. The molecule has 0 aromatic carbocycles. The minimum atomic E-state index is 0.0182. The Morgan fingerprint density at radius 3 is 2.56 bits per heavy atom. The van der Waals surface area contributed by atoms with Crippen LogP contribution in [0.4, 0.5) is 0 Å². The van der Waals surface area contributed by atoms with Crippen molar-refractivity contribution in [2.75, 3.05) is 0 Å². The number of hydrogen-bond donors (Lipinski definition) is 0. The average Bonchev–Trinajstić information content (AvgIpc) is 2.34. The largest absolute Gasteiger partial charge is 0.299 e. The second kappa shape index (κ2) is 7.15. The van der Waals surface area contributed by atoms with Gasteiger partial charge in [0.15, 0.2) is 0 Å². The highest BCUT2D eigenvalue weighted by atomic mass is 16.1. The molecule has 16 heavy (non-hydrogen) atoms. The molecule has 1 aromatic rings. The van der Waals surface area contributed by atoms with Crippen LogP contribution in [0.15, 0.2) is 24.5 Å². The second-order valence-electron chi connectivity index (χ2n) is 4.28. The zero-order valence-corrected chi connectivity index (χ0v) is 10.3. The Labute approximate surface area is 98.1 Å². The molecule has 0 N–H and O–H groups in total.